The Kier molecular flexibility index (Phi) is 8.83. The molecule has 0 atom stereocenters. The predicted octanol–water partition coefficient (Wildman–Crippen LogP) is 18.7. The fraction of sp³-hybridized carbons (Fsp3) is 0. The van der Waals surface area contributed by atoms with Crippen LogP contribution in [0.4, 0.5) is 34.1 Å². The van der Waals surface area contributed by atoms with Gasteiger partial charge in [-0.15, -0.1) is 0 Å². The molecule has 69 heavy (non-hydrogen) atoms. The Labute approximate surface area is 397 Å². The summed E-state index contributed by atoms with van der Waals surface area (Å²) in [6.45, 7) is 0. The maximum Gasteiger partial charge on any atom is 0.143 e. The zero-order valence-corrected chi connectivity index (χ0v) is 37.2. The lowest BCUT2D eigenvalue weighted by molar-refractivity contribution is 0.487. The zero-order valence-electron chi connectivity index (χ0n) is 37.2. The number of furan rings is 2. The minimum absolute atomic E-state index is 0.819. The van der Waals surface area contributed by atoms with Crippen LogP contribution < -0.4 is 14.5 Å². The van der Waals surface area contributed by atoms with Gasteiger partial charge in [-0.1, -0.05) is 152 Å². The molecule has 0 aliphatic carbocycles. The summed E-state index contributed by atoms with van der Waals surface area (Å²) in [5.74, 6) is 1.64. The highest BCUT2D eigenvalue weighted by atomic mass is 16.5. The minimum Gasteiger partial charge on any atom is -0.456 e. The highest BCUT2D eigenvalue weighted by Crippen LogP contribution is 2.52. The van der Waals surface area contributed by atoms with E-state index in [1.54, 1.807) is 0 Å². The van der Waals surface area contributed by atoms with Crippen LogP contribution in [0.15, 0.2) is 251 Å². The molecule has 14 rings (SSSR count). The topological polar surface area (TPSA) is 42.0 Å². The van der Waals surface area contributed by atoms with E-state index in [9.17, 15) is 0 Å². The van der Waals surface area contributed by atoms with Gasteiger partial charge in [0, 0.05) is 83.5 Å². The molecule has 324 valence electrons. The summed E-state index contributed by atoms with van der Waals surface area (Å²) < 4.78 is 19.9. The average molecular weight is 885 g/mol. The Balaban J connectivity index is 0.900. The Morgan fingerprint density at radius 3 is 1.30 bits per heavy atom. The molecule has 2 aromatic heterocycles. The van der Waals surface area contributed by atoms with Gasteiger partial charge in [-0.3, -0.25) is 0 Å². The molecule has 0 fully saturated rings. The van der Waals surface area contributed by atoms with E-state index in [1.807, 2.05) is 36.4 Å². The molecule has 0 saturated carbocycles. The highest BCUT2D eigenvalue weighted by Gasteiger charge is 2.26. The first kappa shape index (κ1) is 38.9. The summed E-state index contributed by atoms with van der Waals surface area (Å²) >= 11 is 0. The average Bonchev–Trinajstić information content (AvgIpc) is 4.00. The summed E-state index contributed by atoms with van der Waals surface area (Å²) in [5.41, 5.74) is 16.3. The molecule has 1 aliphatic heterocycles. The highest BCUT2D eigenvalue weighted by molar-refractivity contribution is 6.13. The van der Waals surface area contributed by atoms with Gasteiger partial charge in [0.2, 0.25) is 0 Å². The fourth-order valence-corrected chi connectivity index (χ4v) is 10.5. The van der Waals surface area contributed by atoms with Gasteiger partial charge < -0.3 is 23.4 Å². The third-order valence-corrected chi connectivity index (χ3v) is 13.7. The number of hydrogen-bond acceptors (Lipinski definition) is 5. The van der Waals surface area contributed by atoms with Crippen LogP contribution in [-0.4, -0.2) is 0 Å². The summed E-state index contributed by atoms with van der Waals surface area (Å²) in [5, 5.41) is 6.62. The molecule has 0 saturated heterocycles. The van der Waals surface area contributed by atoms with E-state index in [0.717, 1.165) is 134 Å². The van der Waals surface area contributed by atoms with Crippen molar-refractivity contribution in [3.63, 3.8) is 0 Å². The summed E-state index contributed by atoms with van der Waals surface area (Å²) in [4.78, 5) is 4.63. The second-order valence-electron chi connectivity index (χ2n) is 17.6. The molecule has 0 unspecified atom stereocenters. The van der Waals surface area contributed by atoms with Gasteiger partial charge in [0.25, 0.3) is 0 Å². The van der Waals surface area contributed by atoms with Crippen LogP contribution in [0.25, 0.3) is 88.0 Å². The van der Waals surface area contributed by atoms with Gasteiger partial charge in [-0.05, 0) is 102 Å². The van der Waals surface area contributed by atoms with Crippen molar-refractivity contribution in [2.75, 3.05) is 9.80 Å². The van der Waals surface area contributed by atoms with Crippen molar-refractivity contribution in [3.05, 3.63) is 243 Å². The molecule has 13 aromatic rings. The summed E-state index contributed by atoms with van der Waals surface area (Å²) in [6, 6.07) is 85.4. The van der Waals surface area contributed by atoms with Gasteiger partial charge in [-0.2, -0.15) is 0 Å². The van der Waals surface area contributed by atoms with Crippen LogP contribution in [0, 0.1) is 0 Å². The maximum atomic E-state index is 6.94. The number of rotatable bonds is 8. The molecular formula is C64H40N2O3. The quantitative estimate of drug-likeness (QED) is 0.152. The number of benzene rings is 11. The normalized spacial score (nSPS) is 11.9. The molecule has 0 amide bonds. The van der Waals surface area contributed by atoms with Gasteiger partial charge >= 0.3 is 0 Å². The van der Waals surface area contributed by atoms with Crippen molar-refractivity contribution < 1.29 is 13.6 Å². The molecule has 5 nitrogen and oxygen atoms in total. The van der Waals surface area contributed by atoms with Crippen molar-refractivity contribution in [2.45, 2.75) is 0 Å². The van der Waals surface area contributed by atoms with Crippen LogP contribution in [0.2, 0.25) is 0 Å². The number of para-hydroxylation sites is 6. The van der Waals surface area contributed by atoms with E-state index in [0.29, 0.717) is 0 Å². The molecule has 0 radical (unpaired) electrons. The van der Waals surface area contributed by atoms with Crippen LogP contribution >= 0.6 is 0 Å². The van der Waals surface area contributed by atoms with Crippen LogP contribution in [0.1, 0.15) is 0 Å². The lowest BCUT2D eigenvalue weighted by Crippen LogP contribution is -2.12. The second kappa shape index (κ2) is 15.7. The predicted molar refractivity (Wildman–Crippen MR) is 284 cm³/mol. The molecule has 0 bridgehead atoms. The first-order chi connectivity index (χ1) is 34.2. The number of anilines is 6. The molecule has 5 heteroatoms. The van der Waals surface area contributed by atoms with Gasteiger partial charge in [0.15, 0.2) is 0 Å². The van der Waals surface area contributed by atoms with E-state index in [4.69, 9.17) is 13.6 Å². The van der Waals surface area contributed by atoms with Crippen molar-refractivity contribution in [1.29, 1.82) is 0 Å². The summed E-state index contributed by atoms with van der Waals surface area (Å²) in [6.07, 6.45) is 0. The number of fused-ring (bicyclic) bond motifs is 8. The van der Waals surface area contributed by atoms with Crippen LogP contribution in [0.3, 0.4) is 0 Å². The molecule has 0 spiro atoms. The summed E-state index contributed by atoms with van der Waals surface area (Å²) in [7, 11) is 0. The van der Waals surface area contributed by atoms with Crippen LogP contribution in [-0.2, 0) is 0 Å². The third-order valence-electron chi connectivity index (χ3n) is 13.7. The van der Waals surface area contributed by atoms with Gasteiger partial charge in [0.05, 0.1) is 5.69 Å². The Morgan fingerprint density at radius 2 is 0.739 bits per heavy atom. The molecular weight excluding hydrogens is 845 g/mol. The van der Waals surface area contributed by atoms with E-state index in [-0.39, 0.29) is 0 Å². The molecule has 3 heterocycles. The van der Waals surface area contributed by atoms with Crippen molar-refractivity contribution >= 4 is 88.8 Å². The molecule has 0 N–H and O–H groups in total. The maximum absolute atomic E-state index is 6.94. The SMILES string of the molecule is c1ccc(N(c2ccccc2)c2ccc3c(c2)Oc2ccc(N(c4ccc(-c5cccc6c5oc5ccccc56)cc4)c4ccc(-c5cccc6c5oc5ccccc56)cc4)c4cccc-3c24)cc1. The first-order valence-corrected chi connectivity index (χ1v) is 23.3. The molecule has 1 aliphatic rings. The first-order valence-electron chi connectivity index (χ1n) is 23.3. The number of hydrogen-bond donors (Lipinski definition) is 0. The fourth-order valence-electron chi connectivity index (χ4n) is 10.5. The lowest BCUT2D eigenvalue weighted by Gasteiger charge is -2.30. The Hall–Kier alpha value is -9.32. The van der Waals surface area contributed by atoms with Crippen LogP contribution in [0.5, 0.6) is 11.5 Å². The van der Waals surface area contributed by atoms with Gasteiger partial charge in [0.1, 0.15) is 33.8 Å². The zero-order chi connectivity index (χ0) is 45.4. The van der Waals surface area contributed by atoms with Crippen molar-refractivity contribution in [1.82, 2.24) is 0 Å². The standard InChI is InChI=1S/C64H40N2O3/c1-3-14-43(15-4-1)65(44-16-5-2-6-17-44)47-36-37-52-53-22-13-25-56-57(38-39-60(62(53)56)67-61(52)40-47)66(45-32-28-41(29-33-45)48-20-11-23-54-50-18-7-9-26-58(50)68-63(48)54)46-34-30-42(31-35-46)49-21-12-24-55-51-19-8-10-27-59(51)69-64(49)55/h1-40H. The Morgan fingerprint density at radius 1 is 0.275 bits per heavy atom. The largest absolute Gasteiger partial charge is 0.456 e. The van der Waals surface area contributed by atoms with E-state index >= 15 is 0 Å². The van der Waals surface area contributed by atoms with Crippen molar-refractivity contribution in [2.24, 2.45) is 0 Å². The Bertz CT molecular complexity index is 3900. The monoisotopic (exact) mass is 884 g/mol. The van der Waals surface area contributed by atoms with E-state index in [1.165, 1.54) is 0 Å². The number of ether oxygens (including phenoxy) is 1. The van der Waals surface area contributed by atoms with E-state index in [2.05, 4.69) is 216 Å². The van der Waals surface area contributed by atoms with Crippen molar-refractivity contribution in [3.8, 4) is 44.9 Å². The van der Waals surface area contributed by atoms with E-state index < -0.39 is 0 Å². The van der Waals surface area contributed by atoms with Gasteiger partial charge in [-0.25, -0.2) is 0 Å². The smallest absolute Gasteiger partial charge is 0.143 e. The number of nitrogens with zero attached hydrogens (tertiary/aromatic N) is 2. The minimum atomic E-state index is 0.819. The third kappa shape index (κ3) is 6.32. The lowest BCUT2D eigenvalue weighted by atomic mass is 9.93. The molecule has 11 aromatic carbocycles. The second-order valence-corrected chi connectivity index (χ2v) is 17.6.